The minimum atomic E-state index is -0.374. The Hall–Kier alpha value is -3.19. The molecule has 4 rings (SSSR count). The molecular weight excluding hydrogens is 344 g/mol. The summed E-state index contributed by atoms with van der Waals surface area (Å²) in [5.74, 6) is 0.144. The molecule has 25 heavy (non-hydrogen) atoms. The number of aryl methyl sites for hydroxylation is 1. The lowest BCUT2D eigenvalue weighted by molar-refractivity contribution is 0.102. The zero-order valence-electron chi connectivity index (χ0n) is 13.0. The Morgan fingerprint density at radius 2 is 2.16 bits per heavy atom. The molecule has 0 aliphatic heterocycles. The van der Waals surface area contributed by atoms with E-state index in [0.29, 0.717) is 33.8 Å². The van der Waals surface area contributed by atoms with Crippen molar-refractivity contribution in [3.63, 3.8) is 0 Å². The SMILES string of the molecule is Cc1noc2nc(-c3ccco3)cc(C(=O)Nc3cccnc3Cl)c12. The molecule has 1 amide bonds. The number of nitrogens with zero attached hydrogens (tertiary/aromatic N) is 3. The number of carbonyl (C=O) groups excluding carboxylic acids is 1. The lowest BCUT2D eigenvalue weighted by Crippen LogP contribution is -2.13. The van der Waals surface area contributed by atoms with Gasteiger partial charge in [0.1, 0.15) is 5.69 Å². The maximum absolute atomic E-state index is 12.8. The average Bonchev–Trinajstić information content (AvgIpc) is 3.26. The number of carbonyl (C=O) groups is 1. The van der Waals surface area contributed by atoms with E-state index in [-0.39, 0.29) is 16.8 Å². The van der Waals surface area contributed by atoms with Gasteiger partial charge in [-0.15, -0.1) is 0 Å². The van der Waals surface area contributed by atoms with Gasteiger partial charge in [-0.05, 0) is 37.3 Å². The van der Waals surface area contributed by atoms with Gasteiger partial charge in [0.25, 0.3) is 11.6 Å². The molecule has 4 heterocycles. The van der Waals surface area contributed by atoms with Gasteiger partial charge < -0.3 is 14.3 Å². The Labute approximate surface area is 146 Å². The van der Waals surface area contributed by atoms with Crippen LogP contribution >= 0.6 is 11.6 Å². The van der Waals surface area contributed by atoms with Crippen LogP contribution < -0.4 is 5.32 Å². The van der Waals surface area contributed by atoms with E-state index < -0.39 is 0 Å². The van der Waals surface area contributed by atoms with Gasteiger partial charge in [0.2, 0.25) is 0 Å². The van der Waals surface area contributed by atoms with Crippen LogP contribution in [0.25, 0.3) is 22.6 Å². The smallest absolute Gasteiger partial charge is 0.259 e. The van der Waals surface area contributed by atoms with Crippen LogP contribution in [0.1, 0.15) is 16.1 Å². The third kappa shape index (κ3) is 2.74. The molecule has 0 aliphatic carbocycles. The molecule has 0 aromatic carbocycles. The second-order valence-electron chi connectivity index (χ2n) is 5.28. The fraction of sp³-hybridized carbons (Fsp3) is 0.0588. The summed E-state index contributed by atoms with van der Waals surface area (Å²) in [7, 11) is 0. The first-order valence-corrected chi connectivity index (χ1v) is 7.74. The lowest BCUT2D eigenvalue weighted by Gasteiger charge is -2.08. The fourth-order valence-electron chi connectivity index (χ4n) is 2.49. The van der Waals surface area contributed by atoms with Crippen LogP contribution in [-0.2, 0) is 0 Å². The van der Waals surface area contributed by atoms with E-state index >= 15 is 0 Å². The second-order valence-corrected chi connectivity index (χ2v) is 5.63. The van der Waals surface area contributed by atoms with Crippen LogP contribution in [0.5, 0.6) is 0 Å². The average molecular weight is 355 g/mol. The van der Waals surface area contributed by atoms with Crippen molar-refractivity contribution < 1.29 is 13.7 Å². The monoisotopic (exact) mass is 354 g/mol. The first-order valence-electron chi connectivity index (χ1n) is 7.36. The number of furan rings is 1. The van der Waals surface area contributed by atoms with E-state index in [4.69, 9.17) is 20.5 Å². The number of anilines is 1. The van der Waals surface area contributed by atoms with Gasteiger partial charge >= 0.3 is 0 Å². The summed E-state index contributed by atoms with van der Waals surface area (Å²) in [5, 5.41) is 7.38. The predicted molar refractivity (Wildman–Crippen MR) is 91.4 cm³/mol. The van der Waals surface area contributed by atoms with Crippen molar-refractivity contribution in [3.05, 3.63) is 59.2 Å². The van der Waals surface area contributed by atoms with Crippen LogP contribution in [-0.4, -0.2) is 21.0 Å². The van der Waals surface area contributed by atoms with E-state index in [1.165, 1.54) is 6.26 Å². The van der Waals surface area contributed by atoms with Crippen molar-refractivity contribution in [2.45, 2.75) is 6.92 Å². The summed E-state index contributed by atoms with van der Waals surface area (Å²) >= 11 is 6.01. The molecule has 0 aliphatic rings. The van der Waals surface area contributed by atoms with E-state index in [0.717, 1.165) is 0 Å². The van der Waals surface area contributed by atoms with Crippen molar-refractivity contribution in [2.75, 3.05) is 5.32 Å². The number of halogens is 1. The fourth-order valence-corrected chi connectivity index (χ4v) is 2.66. The van der Waals surface area contributed by atoms with E-state index in [2.05, 4.69) is 20.4 Å². The number of rotatable bonds is 3. The largest absolute Gasteiger partial charge is 0.463 e. The van der Waals surface area contributed by atoms with Gasteiger partial charge in [-0.3, -0.25) is 4.79 Å². The molecule has 1 N–H and O–H groups in total. The topological polar surface area (TPSA) is 94.0 Å². The standard InChI is InChI=1S/C17H11ClN4O3/c1-9-14-10(16(23)20-11-4-2-6-19-15(11)18)8-12(13-5-3-7-24-13)21-17(14)25-22-9/h2-8H,1H3,(H,20,23). The minimum Gasteiger partial charge on any atom is -0.463 e. The van der Waals surface area contributed by atoms with Crippen LogP contribution in [0.4, 0.5) is 5.69 Å². The number of nitrogens with one attached hydrogen (secondary N) is 1. The molecule has 0 saturated carbocycles. The number of hydrogen-bond acceptors (Lipinski definition) is 6. The Balaban J connectivity index is 1.83. The van der Waals surface area contributed by atoms with E-state index in [1.807, 2.05) is 0 Å². The predicted octanol–water partition coefficient (Wildman–Crippen LogP) is 4.09. The molecule has 0 saturated heterocycles. The molecule has 4 aromatic heterocycles. The Morgan fingerprint density at radius 1 is 1.28 bits per heavy atom. The number of aromatic nitrogens is 3. The highest BCUT2D eigenvalue weighted by Gasteiger charge is 2.20. The van der Waals surface area contributed by atoms with Crippen LogP contribution in [0.3, 0.4) is 0 Å². The van der Waals surface area contributed by atoms with Gasteiger partial charge in [0.05, 0.1) is 28.6 Å². The summed E-state index contributed by atoms with van der Waals surface area (Å²) in [5.41, 5.74) is 2.06. The van der Waals surface area contributed by atoms with Crippen LogP contribution in [0, 0.1) is 6.92 Å². The first kappa shape index (κ1) is 15.3. The number of hydrogen-bond donors (Lipinski definition) is 1. The highest BCUT2D eigenvalue weighted by atomic mass is 35.5. The number of pyridine rings is 2. The van der Waals surface area contributed by atoms with Crippen molar-refractivity contribution in [1.29, 1.82) is 0 Å². The Kier molecular flexibility index (Phi) is 3.70. The van der Waals surface area contributed by atoms with Crippen molar-refractivity contribution in [2.24, 2.45) is 0 Å². The third-order valence-corrected chi connectivity index (χ3v) is 3.94. The molecule has 7 nitrogen and oxygen atoms in total. The van der Waals surface area contributed by atoms with Crippen molar-refractivity contribution in [1.82, 2.24) is 15.1 Å². The summed E-state index contributed by atoms with van der Waals surface area (Å²) in [4.78, 5) is 21.1. The van der Waals surface area contributed by atoms with Crippen LogP contribution in [0.2, 0.25) is 5.15 Å². The Bertz CT molecular complexity index is 1070. The van der Waals surface area contributed by atoms with E-state index in [9.17, 15) is 4.79 Å². The summed E-state index contributed by atoms with van der Waals surface area (Å²) in [6, 6.07) is 8.46. The summed E-state index contributed by atoms with van der Waals surface area (Å²) in [6.07, 6.45) is 3.07. The molecule has 124 valence electrons. The number of amides is 1. The van der Waals surface area contributed by atoms with Gasteiger partial charge in [-0.2, -0.15) is 0 Å². The molecule has 0 spiro atoms. The normalized spacial score (nSPS) is 11.0. The van der Waals surface area contributed by atoms with Gasteiger partial charge in [0, 0.05) is 6.20 Å². The lowest BCUT2D eigenvalue weighted by atomic mass is 10.1. The summed E-state index contributed by atoms with van der Waals surface area (Å²) in [6.45, 7) is 1.74. The molecule has 4 aromatic rings. The van der Waals surface area contributed by atoms with E-state index in [1.54, 1.807) is 43.5 Å². The highest BCUT2D eigenvalue weighted by Crippen LogP contribution is 2.28. The zero-order valence-corrected chi connectivity index (χ0v) is 13.7. The molecule has 0 atom stereocenters. The second kappa shape index (κ2) is 6.03. The Morgan fingerprint density at radius 3 is 2.92 bits per heavy atom. The maximum atomic E-state index is 12.8. The highest BCUT2D eigenvalue weighted by molar-refractivity contribution is 6.32. The maximum Gasteiger partial charge on any atom is 0.259 e. The van der Waals surface area contributed by atoms with Gasteiger partial charge in [-0.1, -0.05) is 16.8 Å². The molecular formula is C17H11ClN4O3. The van der Waals surface area contributed by atoms with Crippen molar-refractivity contribution in [3.8, 4) is 11.5 Å². The molecule has 0 unspecified atom stereocenters. The molecule has 0 radical (unpaired) electrons. The third-order valence-electron chi connectivity index (χ3n) is 3.64. The first-order chi connectivity index (χ1) is 12.1. The van der Waals surface area contributed by atoms with Crippen LogP contribution in [0.15, 0.2) is 51.7 Å². The molecule has 0 bridgehead atoms. The van der Waals surface area contributed by atoms with Crippen molar-refractivity contribution >= 4 is 34.3 Å². The zero-order chi connectivity index (χ0) is 17.4. The minimum absolute atomic E-state index is 0.203. The quantitative estimate of drug-likeness (QED) is 0.557. The molecule has 8 heteroatoms. The van der Waals surface area contributed by atoms with Gasteiger partial charge in [0.15, 0.2) is 10.9 Å². The van der Waals surface area contributed by atoms with Gasteiger partial charge in [-0.25, -0.2) is 9.97 Å². The molecule has 0 fully saturated rings. The number of fused-ring (bicyclic) bond motifs is 1. The summed E-state index contributed by atoms with van der Waals surface area (Å²) < 4.78 is 10.6.